The highest BCUT2D eigenvalue weighted by Gasteiger charge is 2.26. The van der Waals surface area contributed by atoms with E-state index in [4.69, 9.17) is 9.47 Å². The molecule has 0 amide bonds. The van der Waals surface area contributed by atoms with Gasteiger partial charge in [0, 0.05) is 25.5 Å². The van der Waals surface area contributed by atoms with Crippen LogP contribution in [-0.4, -0.2) is 51.0 Å². The summed E-state index contributed by atoms with van der Waals surface area (Å²) in [6.45, 7) is 5.67. The summed E-state index contributed by atoms with van der Waals surface area (Å²) in [6.07, 6.45) is 2.40. The van der Waals surface area contributed by atoms with Gasteiger partial charge in [0.25, 0.3) is 0 Å². The van der Waals surface area contributed by atoms with Crippen LogP contribution in [0.15, 0.2) is 0 Å². The molecule has 96 valence electrons. The summed E-state index contributed by atoms with van der Waals surface area (Å²) in [4.78, 5) is 0. The van der Waals surface area contributed by atoms with E-state index >= 15 is 0 Å². The van der Waals surface area contributed by atoms with Crippen LogP contribution in [0.1, 0.15) is 19.8 Å². The maximum atomic E-state index is 5.53. The maximum Gasteiger partial charge on any atom is 0.0700 e. The van der Waals surface area contributed by atoms with E-state index in [-0.39, 0.29) is 0 Å². The molecule has 0 spiro atoms. The molecule has 1 aliphatic heterocycles. The second-order valence-corrected chi connectivity index (χ2v) is 5.33. The monoisotopic (exact) mass is 247 g/mol. The van der Waals surface area contributed by atoms with E-state index < -0.39 is 0 Å². The van der Waals surface area contributed by atoms with Gasteiger partial charge in [0.05, 0.1) is 13.2 Å². The van der Waals surface area contributed by atoms with Crippen LogP contribution in [0.2, 0.25) is 0 Å². The Morgan fingerprint density at radius 1 is 1.25 bits per heavy atom. The standard InChI is InChI=1S/C12H25NO2S/c1-3-5-13-12-10-16-9-11(12)4-6-15-8-7-14-2/h11-13H,3-10H2,1-2H3. The molecule has 0 aromatic heterocycles. The third kappa shape index (κ3) is 5.53. The van der Waals surface area contributed by atoms with E-state index in [1.54, 1.807) is 7.11 Å². The number of hydrogen-bond donors (Lipinski definition) is 1. The molecule has 1 heterocycles. The van der Waals surface area contributed by atoms with Crippen molar-refractivity contribution >= 4 is 11.8 Å². The molecule has 3 nitrogen and oxygen atoms in total. The summed E-state index contributed by atoms with van der Waals surface area (Å²) in [5.41, 5.74) is 0. The first kappa shape index (κ1) is 14.3. The van der Waals surface area contributed by atoms with Crippen LogP contribution >= 0.6 is 11.8 Å². The van der Waals surface area contributed by atoms with Crippen molar-refractivity contribution in [2.24, 2.45) is 5.92 Å². The van der Waals surface area contributed by atoms with Gasteiger partial charge in [0.1, 0.15) is 0 Å². The van der Waals surface area contributed by atoms with E-state index in [1.807, 2.05) is 0 Å². The third-order valence-corrected chi connectivity index (χ3v) is 4.18. The van der Waals surface area contributed by atoms with Crippen LogP contribution in [0.25, 0.3) is 0 Å². The molecule has 4 heteroatoms. The fourth-order valence-electron chi connectivity index (χ4n) is 1.92. The Morgan fingerprint density at radius 2 is 2.12 bits per heavy atom. The number of ether oxygens (including phenoxy) is 2. The molecule has 1 N–H and O–H groups in total. The summed E-state index contributed by atoms with van der Waals surface area (Å²) in [5, 5.41) is 3.63. The van der Waals surface area contributed by atoms with Gasteiger partial charge in [0.15, 0.2) is 0 Å². The number of rotatable bonds is 9. The van der Waals surface area contributed by atoms with E-state index in [9.17, 15) is 0 Å². The number of thioether (sulfide) groups is 1. The van der Waals surface area contributed by atoms with Crippen LogP contribution in [0.4, 0.5) is 0 Å². The van der Waals surface area contributed by atoms with E-state index in [1.165, 1.54) is 24.3 Å². The number of nitrogens with one attached hydrogen (secondary N) is 1. The summed E-state index contributed by atoms with van der Waals surface area (Å²) >= 11 is 2.07. The van der Waals surface area contributed by atoms with Gasteiger partial charge < -0.3 is 14.8 Å². The molecule has 1 saturated heterocycles. The van der Waals surface area contributed by atoms with Gasteiger partial charge in [0.2, 0.25) is 0 Å². The van der Waals surface area contributed by atoms with Crippen molar-refractivity contribution in [1.82, 2.24) is 5.32 Å². The minimum Gasteiger partial charge on any atom is -0.382 e. The second kappa shape index (κ2) is 9.28. The Bertz CT molecular complexity index is 169. The average Bonchev–Trinajstić information content (AvgIpc) is 2.74. The topological polar surface area (TPSA) is 30.5 Å². The summed E-state index contributed by atoms with van der Waals surface area (Å²) in [5.74, 6) is 3.34. The quantitative estimate of drug-likeness (QED) is 0.629. The van der Waals surface area contributed by atoms with Crippen LogP contribution < -0.4 is 5.32 Å². The lowest BCUT2D eigenvalue weighted by Crippen LogP contribution is -2.36. The van der Waals surface area contributed by atoms with E-state index in [2.05, 4.69) is 24.0 Å². The van der Waals surface area contributed by atoms with Crippen LogP contribution in [-0.2, 0) is 9.47 Å². The van der Waals surface area contributed by atoms with E-state index in [0.717, 1.165) is 25.7 Å². The fourth-order valence-corrected chi connectivity index (χ4v) is 3.40. The molecule has 0 radical (unpaired) electrons. The van der Waals surface area contributed by atoms with Gasteiger partial charge in [-0.3, -0.25) is 0 Å². The Labute approximate surface area is 104 Å². The highest BCUT2D eigenvalue weighted by atomic mass is 32.2. The molecule has 1 aliphatic rings. The Balaban J connectivity index is 2.05. The number of hydrogen-bond acceptors (Lipinski definition) is 4. The average molecular weight is 247 g/mol. The van der Waals surface area contributed by atoms with Gasteiger partial charge in [-0.1, -0.05) is 6.92 Å². The van der Waals surface area contributed by atoms with E-state index in [0.29, 0.717) is 12.6 Å². The Kier molecular flexibility index (Phi) is 8.29. The fraction of sp³-hybridized carbons (Fsp3) is 1.00. The first-order valence-corrected chi connectivity index (χ1v) is 7.41. The van der Waals surface area contributed by atoms with Crippen molar-refractivity contribution < 1.29 is 9.47 Å². The summed E-state index contributed by atoms with van der Waals surface area (Å²) < 4.78 is 10.5. The molecule has 0 saturated carbocycles. The molecule has 0 aliphatic carbocycles. The minimum absolute atomic E-state index is 0.705. The van der Waals surface area contributed by atoms with Crippen molar-refractivity contribution in [3.8, 4) is 0 Å². The van der Waals surface area contributed by atoms with Gasteiger partial charge >= 0.3 is 0 Å². The Morgan fingerprint density at radius 3 is 2.88 bits per heavy atom. The normalized spacial score (nSPS) is 25.1. The van der Waals surface area contributed by atoms with Crippen LogP contribution in [0.5, 0.6) is 0 Å². The maximum absolute atomic E-state index is 5.53. The highest BCUT2D eigenvalue weighted by molar-refractivity contribution is 7.99. The molecule has 0 bridgehead atoms. The lowest BCUT2D eigenvalue weighted by Gasteiger charge is -2.19. The van der Waals surface area contributed by atoms with Crippen LogP contribution in [0.3, 0.4) is 0 Å². The zero-order valence-corrected chi connectivity index (χ0v) is 11.4. The smallest absolute Gasteiger partial charge is 0.0700 e. The molecule has 1 rings (SSSR count). The molecule has 2 unspecified atom stereocenters. The van der Waals surface area contributed by atoms with Crippen molar-refractivity contribution in [3.05, 3.63) is 0 Å². The zero-order chi connectivity index (χ0) is 11.6. The summed E-state index contributed by atoms with van der Waals surface area (Å²) in [7, 11) is 1.71. The highest BCUT2D eigenvalue weighted by Crippen LogP contribution is 2.26. The molecule has 2 atom stereocenters. The van der Waals surface area contributed by atoms with Gasteiger partial charge in [-0.15, -0.1) is 0 Å². The van der Waals surface area contributed by atoms with Crippen molar-refractivity contribution in [2.75, 3.05) is 45.0 Å². The molecular weight excluding hydrogens is 222 g/mol. The predicted octanol–water partition coefficient (Wildman–Crippen LogP) is 1.77. The molecule has 0 aromatic rings. The molecule has 0 aromatic carbocycles. The Hall–Kier alpha value is 0.230. The molecule has 16 heavy (non-hydrogen) atoms. The van der Waals surface area contributed by atoms with Crippen molar-refractivity contribution in [1.29, 1.82) is 0 Å². The minimum atomic E-state index is 0.705. The lowest BCUT2D eigenvalue weighted by molar-refractivity contribution is 0.0635. The second-order valence-electron chi connectivity index (χ2n) is 4.25. The largest absolute Gasteiger partial charge is 0.382 e. The SMILES string of the molecule is CCCNC1CSCC1CCOCCOC. The van der Waals surface area contributed by atoms with Gasteiger partial charge in [-0.25, -0.2) is 0 Å². The number of methoxy groups -OCH3 is 1. The predicted molar refractivity (Wildman–Crippen MR) is 70.2 cm³/mol. The molecule has 1 fully saturated rings. The van der Waals surface area contributed by atoms with Gasteiger partial charge in [-0.05, 0) is 31.1 Å². The van der Waals surface area contributed by atoms with Gasteiger partial charge in [-0.2, -0.15) is 11.8 Å². The van der Waals surface area contributed by atoms with Crippen molar-refractivity contribution in [3.63, 3.8) is 0 Å². The molecular formula is C12H25NO2S. The first-order valence-electron chi connectivity index (χ1n) is 6.26. The zero-order valence-electron chi connectivity index (χ0n) is 10.5. The summed E-state index contributed by atoms with van der Waals surface area (Å²) in [6, 6.07) is 0.705. The van der Waals surface area contributed by atoms with Crippen molar-refractivity contribution in [2.45, 2.75) is 25.8 Å². The van der Waals surface area contributed by atoms with Crippen LogP contribution in [0, 0.1) is 5.92 Å². The first-order chi connectivity index (χ1) is 7.88. The third-order valence-electron chi connectivity index (χ3n) is 2.92. The lowest BCUT2D eigenvalue weighted by atomic mass is 10.0.